The third-order valence-electron chi connectivity index (χ3n) is 6.82. The summed E-state index contributed by atoms with van der Waals surface area (Å²) >= 11 is 0. The summed E-state index contributed by atoms with van der Waals surface area (Å²) in [5.41, 5.74) is 5.39. The second-order valence-electron chi connectivity index (χ2n) is 8.95. The Morgan fingerprint density at radius 3 is 2.55 bits per heavy atom. The summed E-state index contributed by atoms with van der Waals surface area (Å²) < 4.78 is 1.60. The number of rotatable bonds is 6. The van der Waals surface area contributed by atoms with Crippen LogP contribution >= 0.6 is 0 Å². The predicted molar refractivity (Wildman–Crippen MR) is 124 cm³/mol. The Balaban J connectivity index is 1.05. The second-order valence-corrected chi connectivity index (χ2v) is 8.95. The van der Waals surface area contributed by atoms with Gasteiger partial charge in [0.2, 0.25) is 5.91 Å². The van der Waals surface area contributed by atoms with E-state index in [1.165, 1.54) is 17.5 Å². The third kappa shape index (κ3) is 4.94. The topological polar surface area (TPSA) is 71.5 Å². The van der Waals surface area contributed by atoms with Gasteiger partial charge in [-0.15, -0.1) is 5.10 Å². The number of carbonyl (C=O) groups excluding carboxylic acids is 1. The average molecular weight is 442 g/mol. The molecule has 2 aromatic carbocycles. The van der Waals surface area contributed by atoms with Crippen molar-refractivity contribution in [3.05, 3.63) is 76.9 Å². The number of fused-ring (bicyclic) bond motifs is 1. The smallest absolute Gasteiger partial charge is 0.227 e. The van der Waals surface area contributed by atoms with Crippen molar-refractivity contribution in [2.45, 2.75) is 25.7 Å². The van der Waals surface area contributed by atoms with Crippen LogP contribution in [-0.2, 0) is 24.1 Å². The molecule has 168 valence electrons. The number of aromatic nitrogens is 4. The van der Waals surface area contributed by atoms with Gasteiger partial charge in [0.1, 0.15) is 6.33 Å². The molecule has 0 N–H and O–H groups in total. The number of tetrazole rings is 1. The highest BCUT2D eigenvalue weighted by Gasteiger charge is 2.25. The maximum Gasteiger partial charge on any atom is 0.227 e. The van der Waals surface area contributed by atoms with Crippen molar-refractivity contribution < 1.29 is 4.79 Å². The van der Waals surface area contributed by atoms with Crippen LogP contribution < -0.4 is 0 Å². The molecule has 1 aromatic heterocycles. The predicted octanol–water partition coefficient (Wildman–Crippen LogP) is 2.70. The molecule has 2 aliphatic rings. The summed E-state index contributed by atoms with van der Waals surface area (Å²) in [6, 6.07) is 13.9. The Bertz CT molecular complexity index is 1140. The molecule has 1 saturated heterocycles. The largest absolute Gasteiger partial charge is 0.340 e. The van der Waals surface area contributed by atoms with Crippen molar-refractivity contribution in [1.82, 2.24) is 30.0 Å². The van der Waals surface area contributed by atoms with Gasteiger partial charge in [-0.2, -0.15) is 0 Å². The van der Waals surface area contributed by atoms with Crippen molar-refractivity contribution in [3.8, 4) is 5.69 Å². The van der Waals surface area contributed by atoms with Crippen LogP contribution in [0.3, 0.4) is 0 Å². The van der Waals surface area contributed by atoms with E-state index in [2.05, 4.69) is 37.4 Å². The molecule has 3 aromatic rings. The van der Waals surface area contributed by atoms with E-state index in [9.17, 15) is 4.79 Å². The van der Waals surface area contributed by atoms with Crippen LogP contribution in [0.5, 0.6) is 0 Å². The first-order valence-electron chi connectivity index (χ1n) is 11.5. The molecular weight excluding hydrogens is 414 g/mol. The van der Waals surface area contributed by atoms with Crippen LogP contribution in [0.15, 0.2) is 48.8 Å². The van der Waals surface area contributed by atoms with Gasteiger partial charge in [0.15, 0.2) is 5.69 Å². The van der Waals surface area contributed by atoms with Crippen LogP contribution in [0.2, 0.25) is 0 Å². The average Bonchev–Trinajstić information content (AvgIpc) is 3.53. The molecule has 1 aliphatic carbocycles. The Labute approximate surface area is 193 Å². The number of hydrogen-bond donors (Lipinski definition) is 0. The standard InChI is InChI=1S/C25H27N7O/c1-26-23-5-4-21-14-20(15-22(21)17-23)8-9-30-10-12-31(13-11-30)25(33)16-19-2-6-24(7-3-19)32-18-27-28-29-32/h2-7,17-18,20H,8-16H2. The summed E-state index contributed by atoms with van der Waals surface area (Å²) in [5.74, 6) is 0.851. The van der Waals surface area contributed by atoms with Crippen molar-refractivity contribution in [1.29, 1.82) is 0 Å². The van der Waals surface area contributed by atoms with Crippen LogP contribution in [0.4, 0.5) is 5.69 Å². The monoisotopic (exact) mass is 441 g/mol. The van der Waals surface area contributed by atoms with Gasteiger partial charge >= 0.3 is 0 Å². The number of nitrogens with zero attached hydrogens (tertiary/aromatic N) is 7. The second kappa shape index (κ2) is 9.51. The lowest BCUT2D eigenvalue weighted by Gasteiger charge is -2.35. The summed E-state index contributed by atoms with van der Waals surface area (Å²) in [5, 5.41) is 11.2. The van der Waals surface area contributed by atoms with E-state index in [0.29, 0.717) is 12.3 Å². The molecule has 5 rings (SSSR count). The minimum atomic E-state index is 0.187. The van der Waals surface area contributed by atoms with Crippen molar-refractivity contribution in [2.75, 3.05) is 32.7 Å². The fourth-order valence-corrected chi connectivity index (χ4v) is 4.89. The number of hydrogen-bond acceptors (Lipinski definition) is 5. The van der Waals surface area contributed by atoms with E-state index < -0.39 is 0 Å². The van der Waals surface area contributed by atoms with Gasteiger partial charge in [-0.1, -0.05) is 35.9 Å². The molecule has 8 heteroatoms. The zero-order valence-electron chi connectivity index (χ0n) is 18.6. The zero-order chi connectivity index (χ0) is 22.6. The molecule has 1 fully saturated rings. The van der Waals surface area contributed by atoms with E-state index in [4.69, 9.17) is 6.57 Å². The fraction of sp³-hybridized carbons (Fsp3) is 0.400. The van der Waals surface area contributed by atoms with E-state index in [-0.39, 0.29) is 5.91 Å². The first-order valence-corrected chi connectivity index (χ1v) is 11.5. The van der Waals surface area contributed by atoms with Gasteiger partial charge in [0, 0.05) is 26.2 Å². The number of piperazine rings is 1. The zero-order valence-corrected chi connectivity index (χ0v) is 18.6. The molecule has 1 aliphatic heterocycles. The van der Waals surface area contributed by atoms with E-state index >= 15 is 0 Å². The Morgan fingerprint density at radius 1 is 1.03 bits per heavy atom. The van der Waals surface area contributed by atoms with Crippen molar-refractivity contribution in [3.63, 3.8) is 0 Å². The van der Waals surface area contributed by atoms with Gasteiger partial charge in [0.05, 0.1) is 18.7 Å². The highest BCUT2D eigenvalue weighted by atomic mass is 16.2. The molecule has 8 nitrogen and oxygen atoms in total. The van der Waals surface area contributed by atoms with Gasteiger partial charge in [-0.05, 0) is 65.4 Å². The van der Waals surface area contributed by atoms with E-state index in [1.807, 2.05) is 35.2 Å². The molecule has 1 unspecified atom stereocenters. The molecule has 0 saturated carbocycles. The van der Waals surface area contributed by atoms with Gasteiger partial charge in [0.25, 0.3) is 0 Å². The Morgan fingerprint density at radius 2 is 1.82 bits per heavy atom. The molecule has 2 heterocycles. The van der Waals surface area contributed by atoms with Crippen LogP contribution in [0.1, 0.15) is 23.1 Å². The molecule has 1 atom stereocenters. The summed E-state index contributed by atoms with van der Waals surface area (Å²) in [4.78, 5) is 20.8. The quantitative estimate of drug-likeness (QED) is 0.550. The van der Waals surface area contributed by atoms with Crippen LogP contribution in [-0.4, -0.2) is 68.6 Å². The Hall–Kier alpha value is -3.57. The lowest BCUT2D eigenvalue weighted by atomic mass is 10.0. The number of benzene rings is 2. The van der Waals surface area contributed by atoms with E-state index in [1.54, 1.807) is 11.0 Å². The Kier molecular flexibility index (Phi) is 6.13. The molecule has 1 amide bonds. The minimum Gasteiger partial charge on any atom is -0.340 e. The molecule has 0 spiro atoms. The summed E-state index contributed by atoms with van der Waals surface area (Å²) in [6.45, 7) is 11.7. The summed E-state index contributed by atoms with van der Waals surface area (Å²) in [7, 11) is 0. The molecule has 0 bridgehead atoms. The highest BCUT2D eigenvalue weighted by molar-refractivity contribution is 5.79. The lowest BCUT2D eigenvalue weighted by molar-refractivity contribution is -0.132. The molecular formula is C25H27N7O. The maximum absolute atomic E-state index is 12.8. The third-order valence-corrected chi connectivity index (χ3v) is 6.82. The minimum absolute atomic E-state index is 0.187. The van der Waals surface area contributed by atoms with Gasteiger partial charge in [-0.25, -0.2) is 9.53 Å². The number of carbonyl (C=O) groups is 1. The van der Waals surface area contributed by atoms with Crippen LogP contribution in [0.25, 0.3) is 10.5 Å². The first kappa shape index (κ1) is 21.3. The lowest BCUT2D eigenvalue weighted by Crippen LogP contribution is -2.49. The molecule has 33 heavy (non-hydrogen) atoms. The SMILES string of the molecule is [C-]#[N+]c1ccc2c(c1)CC(CCN1CCN(C(=O)Cc3ccc(-n4cnnn4)cc3)CC1)C2. The summed E-state index contributed by atoms with van der Waals surface area (Å²) in [6.07, 6.45) is 5.35. The fourth-order valence-electron chi connectivity index (χ4n) is 4.89. The van der Waals surface area contributed by atoms with Gasteiger partial charge in [-0.3, -0.25) is 9.69 Å². The van der Waals surface area contributed by atoms with Crippen LogP contribution in [0, 0.1) is 12.5 Å². The van der Waals surface area contributed by atoms with Crippen molar-refractivity contribution >= 4 is 11.6 Å². The normalized spacial score (nSPS) is 18.2. The van der Waals surface area contributed by atoms with E-state index in [0.717, 1.165) is 62.5 Å². The first-order chi connectivity index (χ1) is 16.2. The van der Waals surface area contributed by atoms with Crippen molar-refractivity contribution in [2.24, 2.45) is 5.92 Å². The molecule has 0 radical (unpaired) electrons. The number of amides is 1. The van der Waals surface area contributed by atoms with Gasteiger partial charge < -0.3 is 4.90 Å². The maximum atomic E-state index is 12.8. The highest BCUT2D eigenvalue weighted by Crippen LogP contribution is 2.31.